The van der Waals surface area contributed by atoms with Gasteiger partial charge in [0.05, 0.1) is 37.8 Å². The van der Waals surface area contributed by atoms with E-state index in [2.05, 4.69) is 10.4 Å². The molecule has 168 valence electrons. The number of benzene rings is 1. The minimum atomic E-state index is -3.70. The molecule has 0 aliphatic carbocycles. The molecule has 1 N–H and O–H groups in total. The zero-order valence-electron chi connectivity index (χ0n) is 17.6. The lowest BCUT2D eigenvalue weighted by molar-refractivity contribution is -0.116. The van der Waals surface area contributed by atoms with Crippen LogP contribution in [0, 0.1) is 13.8 Å². The number of anilines is 1. The van der Waals surface area contributed by atoms with Gasteiger partial charge < -0.3 is 19.5 Å². The van der Waals surface area contributed by atoms with Crippen LogP contribution in [0.2, 0.25) is 0 Å². The molecule has 10 nitrogen and oxygen atoms in total. The first-order chi connectivity index (χ1) is 14.9. The lowest BCUT2D eigenvalue weighted by Crippen LogP contribution is -2.41. The number of carbonyl (C=O) groups is 1. The molecule has 0 unspecified atom stereocenters. The third-order valence-corrected chi connectivity index (χ3v) is 7.36. The van der Waals surface area contributed by atoms with E-state index in [1.165, 1.54) is 8.99 Å². The van der Waals surface area contributed by atoms with Gasteiger partial charge in [-0.2, -0.15) is 9.40 Å². The fourth-order valence-corrected chi connectivity index (χ4v) is 5.48. The average Bonchev–Trinajstić information content (AvgIpc) is 2.90. The Morgan fingerprint density at radius 2 is 1.81 bits per heavy atom. The zero-order valence-corrected chi connectivity index (χ0v) is 18.4. The van der Waals surface area contributed by atoms with E-state index in [0.717, 1.165) is 6.42 Å². The van der Waals surface area contributed by atoms with Gasteiger partial charge in [0, 0.05) is 31.3 Å². The molecule has 2 aliphatic rings. The molecule has 2 aliphatic heterocycles. The van der Waals surface area contributed by atoms with Crippen LogP contribution in [0.3, 0.4) is 0 Å². The molecule has 0 bridgehead atoms. The van der Waals surface area contributed by atoms with Gasteiger partial charge in [-0.15, -0.1) is 0 Å². The number of fused-ring (bicyclic) bond motifs is 1. The van der Waals surface area contributed by atoms with Crippen molar-refractivity contribution in [2.24, 2.45) is 0 Å². The van der Waals surface area contributed by atoms with Gasteiger partial charge in [-0.25, -0.2) is 8.42 Å². The van der Waals surface area contributed by atoms with Crippen LogP contribution in [0.15, 0.2) is 23.1 Å². The van der Waals surface area contributed by atoms with Gasteiger partial charge in [0.15, 0.2) is 11.5 Å². The highest BCUT2D eigenvalue weighted by Crippen LogP contribution is 2.32. The third-order valence-electron chi connectivity index (χ3n) is 5.21. The summed E-state index contributed by atoms with van der Waals surface area (Å²) in [6.45, 7) is 5.66. The van der Waals surface area contributed by atoms with Crippen LogP contribution in [0.5, 0.6) is 11.5 Å². The Morgan fingerprint density at radius 1 is 1.10 bits per heavy atom. The molecule has 1 saturated heterocycles. The average molecular weight is 451 g/mol. The van der Waals surface area contributed by atoms with Gasteiger partial charge in [-0.3, -0.25) is 9.48 Å². The molecule has 4 rings (SSSR count). The van der Waals surface area contributed by atoms with Gasteiger partial charge in [0.2, 0.25) is 15.9 Å². The molecule has 0 atom stereocenters. The van der Waals surface area contributed by atoms with E-state index in [4.69, 9.17) is 14.2 Å². The van der Waals surface area contributed by atoms with Gasteiger partial charge in [0.25, 0.3) is 0 Å². The van der Waals surface area contributed by atoms with Crippen LogP contribution >= 0.6 is 0 Å². The molecule has 1 aromatic heterocycles. The quantitative estimate of drug-likeness (QED) is 0.731. The van der Waals surface area contributed by atoms with E-state index in [-0.39, 0.29) is 17.3 Å². The van der Waals surface area contributed by atoms with Crippen molar-refractivity contribution in [1.29, 1.82) is 0 Å². The minimum absolute atomic E-state index is 0.111. The van der Waals surface area contributed by atoms with Crippen LogP contribution in [0.25, 0.3) is 0 Å². The molecule has 3 heterocycles. The van der Waals surface area contributed by atoms with Gasteiger partial charge in [-0.1, -0.05) is 0 Å². The number of amides is 1. The number of hydrogen-bond acceptors (Lipinski definition) is 7. The predicted octanol–water partition coefficient (Wildman–Crippen LogP) is 1.32. The van der Waals surface area contributed by atoms with Crippen molar-refractivity contribution in [3.8, 4) is 11.5 Å². The molecule has 0 radical (unpaired) electrons. The summed E-state index contributed by atoms with van der Waals surface area (Å²) in [7, 11) is -3.70. The maximum absolute atomic E-state index is 13.1. The Kier molecular flexibility index (Phi) is 6.17. The van der Waals surface area contributed by atoms with Crippen LogP contribution in [0.1, 0.15) is 17.8 Å². The van der Waals surface area contributed by atoms with Gasteiger partial charge in [0.1, 0.15) is 11.4 Å². The number of nitrogens with zero attached hydrogens (tertiary/aromatic N) is 3. The van der Waals surface area contributed by atoms with E-state index >= 15 is 0 Å². The van der Waals surface area contributed by atoms with Crippen molar-refractivity contribution >= 4 is 21.6 Å². The van der Waals surface area contributed by atoms with E-state index in [1.807, 2.05) is 0 Å². The molecular formula is C20H26N4O6S. The molecule has 1 amide bonds. The third kappa shape index (κ3) is 4.53. The molecule has 0 spiro atoms. The summed E-state index contributed by atoms with van der Waals surface area (Å²) < 4.78 is 45.5. The first-order valence-corrected chi connectivity index (χ1v) is 11.6. The Bertz CT molecular complexity index is 1080. The molecule has 1 fully saturated rings. The number of aryl methyl sites for hydroxylation is 1. The van der Waals surface area contributed by atoms with Crippen LogP contribution in [-0.2, 0) is 26.1 Å². The topological polar surface area (TPSA) is 112 Å². The van der Waals surface area contributed by atoms with Crippen molar-refractivity contribution in [2.75, 3.05) is 44.8 Å². The van der Waals surface area contributed by atoms with Crippen molar-refractivity contribution in [2.45, 2.75) is 31.7 Å². The second kappa shape index (κ2) is 8.85. The smallest absolute Gasteiger partial charge is 0.246 e. The molecule has 0 saturated carbocycles. The molecule has 1 aromatic carbocycles. The van der Waals surface area contributed by atoms with Crippen LogP contribution in [-0.4, -0.2) is 67.9 Å². The Labute approximate surface area is 181 Å². The number of sulfonamides is 1. The Morgan fingerprint density at radius 3 is 2.55 bits per heavy atom. The Balaban J connectivity index is 1.49. The highest BCUT2D eigenvalue weighted by Gasteiger charge is 2.32. The number of aromatic nitrogens is 2. The zero-order chi connectivity index (χ0) is 22.0. The summed E-state index contributed by atoms with van der Waals surface area (Å²) in [5.74, 6) is 0.905. The molecule has 11 heteroatoms. The number of nitrogens with one attached hydrogen (secondary N) is 1. The van der Waals surface area contributed by atoms with Crippen LogP contribution in [0.4, 0.5) is 5.69 Å². The summed E-state index contributed by atoms with van der Waals surface area (Å²) in [4.78, 5) is 12.8. The maximum Gasteiger partial charge on any atom is 0.246 e. The van der Waals surface area contributed by atoms with E-state index < -0.39 is 10.0 Å². The highest BCUT2D eigenvalue weighted by molar-refractivity contribution is 7.89. The van der Waals surface area contributed by atoms with E-state index in [9.17, 15) is 13.2 Å². The van der Waals surface area contributed by atoms with Crippen molar-refractivity contribution in [1.82, 2.24) is 14.1 Å². The lowest BCUT2D eigenvalue weighted by Gasteiger charge is -2.26. The predicted molar refractivity (Wildman–Crippen MR) is 112 cm³/mol. The lowest BCUT2D eigenvalue weighted by atomic mass is 10.2. The maximum atomic E-state index is 13.1. The largest absolute Gasteiger partial charge is 0.490 e. The van der Waals surface area contributed by atoms with Crippen molar-refractivity contribution in [3.05, 3.63) is 29.6 Å². The second-order valence-electron chi connectivity index (χ2n) is 7.43. The van der Waals surface area contributed by atoms with Crippen molar-refractivity contribution in [3.63, 3.8) is 0 Å². The first-order valence-electron chi connectivity index (χ1n) is 10.2. The number of hydrogen-bond donors (Lipinski definition) is 1. The number of carbonyl (C=O) groups excluding carboxylic acids is 1. The Hall–Kier alpha value is -2.63. The van der Waals surface area contributed by atoms with Gasteiger partial charge in [-0.05, 0) is 26.0 Å². The molecular weight excluding hydrogens is 424 g/mol. The normalized spacial score (nSPS) is 17.2. The van der Waals surface area contributed by atoms with Gasteiger partial charge >= 0.3 is 0 Å². The standard InChI is InChI=1S/C20H26N4O6S/c1-14-20(31(26,27)23-6-10-28-11-7-23)15(2)24(22-14)13-19(25)21-16-4-5-17-18(12-16)30-9-3-8-29-17/h4-5,12H,3,6-11,13H2,1-2H3,(H,21,25). The molecule has 2 aromatic rings. The SMILES string of the molecule is Cc1nn(CC(=O)Nc2ccc3c(c2)OCCCO3)c(C)c1S(=O)(=O)N1CCOCC1. The fourth-order valence-electron chi connectivity index (χ4n) is 3.70. The number of morpholine rings is 1. The number of ether oxygens (including phenoxy) is 3. The highest BCUT2D eigenvalue weighted by atomic mass is 32.2. The van der Waals surface area contributed by atoms with Crippen LogP contribution < -0.4 is 14.8 Å². The summed E-state index contributed by atoms with van der Waals surface area (Å²) >= 11 is 0. The van der Waals surface area contributed by atoms with Crippen molar-refractivity contribution < 1.29 is 27.4 Å². The summed E-state index contributed by atoms with van der Waals surface area (Å²) in [6.07, 6.45) is 0.796. The van der Waals surface area contributed by atoms with E-state index in [1.54, 1.807) is 32.0 Å². The first kappa shape index (κ1) is 21.6. The monoisotopic (exact) mass is 450 g/mol. The van der Waals surface area contributed by atoms with E-state index in [0.29, 0.717) is 68.1 Å². The second-order valence-corrected chi connectivity index (χ2v) is 9.31. The summed E-state index contributed by atoms with van der Waals surface area (Å²) in [5, 5.41) is 7.12. The summed E-state index contributed by atoms with van der Waals surface area (Å²) in [5.41, 5.74) is 1.36. The molecule has 31 heavy (non-hydrogen) atoms. The minimum Gasteiger partial charge on any atom is -0.490 e. The number of rotatable bonds is 5. The summed E-state index contributed by atoms with van der Waals surface area (Å²) in [6, 6.07) is 5.21. The fraction of sp³-hybridized carbons (Fsp3) is 0.500.